The van der Waals surface area contributed by atoms with Gasteiger partial charge in [-0.05, 0) is 42.5 Å². The zero-order chi connectivity index (χ0) is 17.0. The van der Waals surface area contributed by atoms with Gasteiger partial charge in [0.2, 0.25) is 0 Å². The summed E-state index contributed by atoms with van der Waals surface area (Å²) in [6.07, 6.45) is 3.12. The van der Waals surface area contributed by atoms with Gasteiger partial charge >= 0.3 is 0 Å². The van der Waals surface area contributed by atoms with Crippen LogP contribution in [0.15, 0.2) is 29.7 Å². The zero-order valence-corrected chi connectivity index (χ0v) is 14.4. The summed E-state index contributed by atoms with van der Waals surface area (Å²) in [5.74, 6) is 0.578. The predicted octanol–water partition coefficient (Wildman–Crippen LogP) is 3.97. The first kappa shape index (κ1) is 17.4. The third kappa shape index (κ3) is 3.71. The molecule has 1 saturated heterocycles. The van der Waals surface area contributed by atoms with E-state index in [4.69, 9.17) is 21.1 Å². The summed E-state index contributed by atoms with van der Waals surface area (Å²) in [7, 11) is 1.50. The van der Waals surface area contributed by atoms with Crippen LogP contribution in [0.25, 0.3) is 6.08 Å². The summed E-state index contributed by atoms with van der Waals surface area (Å²) in [5.41, 5.74) is 0.656. The second kappa shape index (κ2) is 7.57. The van der Waals surface area contributed by atoms with Crippen LogP contribution in [-0.2, 0) is 4.79 Å². The molecule has 0 aliphatic carbocycles. The quantitative estimate of drug-likeness (QED) is 0.572. The highest BCUT2D eigenvalue weighted by atomic mass is 35.5. The highest BCUT2D eigenvalue weighted by Crippen LogP contribution is 2.38. The van der Waals surface area contributed by atoms with E-state index in [2.05, 4.69) is 6.58 Å². The van der Waals surface area contributed by atoms with Gasteiger partial charge < -0.3 is 9.47 Å². The number of thioether (sulfide) groups is 1. The summed E-state index contributed by atoms with van der Waals surface area (Å²) >= 11 is 7.07. The van der Waals surface area contributed by atoms with Gasteiger partial charge in [-0.25, -0.2) is 0 Å². The fourth-order valence-corrected chi connectivity index (χ4v) is 3.21. The van der Waals surface area contributed by atoms with Gasteiger partial charge in [0.15, 0.2) is 11.5 Å². The number of halogens is 1. The molecule has 0 unspecified atom stereocenters. The van der Waals surface area contributed by atoms with Crippen LogP contribution < -0.4 is 9.47 Å². The van der Waals surface area contributed by atoms with Crippen LogP contribution >= 0.6 is 23.4 Å². The maximum absolute atomic E-state index is 12.2. The van der Waals surface area contributed by atoms with Crippen LogP contribution in [-0.4, -0.2) is 36.3 Å². The number of carbonyl (C=O) groups is 2. The van der Waals surface area contributed by atoms with Crippen molar-refractivity contribution < 1.29 is 19.1 Å². The van der Waals surface area contributed by atoms with Crippen LogP contribution in [0.4, 0.5) is 4.79 Å². The molecule has 2 rings (SSSR count). The maximum Gasteiger partial charge on any atom is 0.293 e. The van der Waals surface area contributed by atoms with E-state index in [-0.39, 0.29) is 17.7 Å². The molecule has 1 fully saturated rings. The van der Waals surface area contributed by atoms with E-state index in [0.717, 1.165) is 16.7 Å². The fraction of sp³-hybridized carbons (Fsp3) is 0.250. The molecular formula is C16H16ClNO4S. The number of methoxy groups -OCH3 is 1. The van der Waals surface area contributed by atoms with E-state index in [1.54, 1.807) is 18.2 Å². The standard InChI is InChI=1S/C16H16ClNO4S/c1-4-6-18-15(19)13(23-16(18)20)9-10-7-11(17)14(21-3)12(8-10)22-5-2/h4,7-9H,1,5-6H2,2-3H3/b13-9+. The maximum atomic E-state index is 12.2. The van der Waals surface area contributed by atoms with Crippen molar-refractivity contribution in [2.45, 2.75) is 6.92 Å². The Morgan fingerprint density at radius 1 is 1.39 bits per heavy atom. The lowest BCUT2D eigenvalue weighted by Crippen LogP contribution is -2.27. The Morgan fingerprint density at radius 2 is 2.13 bits per heavy atom. The van der Waals surface area contributed by atoms with Crippen LogP contribution in [0, 0.1) is 0 Å². The second-order valence-corrected chi connectivity index (χ2v) is 5.95. The summed E-state index contributed by atoms with van der Waals surface area (Å²) in [4.78, 5) is 25.5. The summed E-state index contributed by atoms with van der Waals surface area (Å²) in [6, 6.07) is 3.38. The van der Waals surface area contributed by atoms with Crippen molar-refractivity contribution in [3.63, 3.8) is 0 Å². The van der Waals surface area contributed by atoms with E-state index >= 15 is 0 Å². The normalized spacial score (nSPS) is 16.1. The summed E-state index contributed by atoms with van der Waals surface area (Å²) in [6.45, 7) is 6.03. The molecular weight excluding hydrogens is 338 g/mol. The number of carbonyl (C=O) groups excluding carboxylic acids is 2. The minimum atomic E-state index is -0.343. The van der Waals surface area contributed by atoms with Crippen LogP contribution in [0.3, 0.4) is 0 Å². The molecule has 0 N–H and O–H groups in total. The van der Waals surface area contributed by atoms with Crippen LogP contribution in [0.2, 0.25) is 5.02 Å². The minimum Gasteiger partial charge on any atom is -0.491 e. The van der Waals surface area contributed by atoms with Crippen molar-refractivity contribution in [3.05, 3.63) is 40.3 Å². The number of imide groups is 1. The lowest BCUT2D eigenvalue weighted by Gasteiger charge is -2.12. The van der Waals surface area contributed by atoms with Gasteiger partial charge in [0.05, 0.1) is 23.6 Å². The zero-order valence-electron chi connectivity index (χ0n) is 12.8. The molecule has 0 bridgehead atoms. The van der Waals surface area contributed by atoms with Crippen molar-refractivity contribution >= 4 is 40.6 Å². The molecule has 1 aromatic rings. The Labute approximate surface area is 143 Å². The molecule has 0 saturated carbocycles. The molecule has 122 valence electrons. The molecule has 0 radical (unpaired) electrons. The van der Waals surface area contributed by atoms with Crippen molar-refractivity contribution in [1.29, 1.82) is 0 Å². The van der Waals surface area contributed by atoms with Crippen LogP contribution in [0.5, 0.6) is 11.5 Å². The molecule has 0 aromatic heterocycles. The number of ether oxygens (including phenoxy) is 2. The molecule has 1 heterocycles. The van der Waals surface area contributed by atoms with Gasteiger partial charge in [-0.1, -0.05) is 17.7 Å². The van der Waals surface area contributed by atoms with Crippen molar-refractivity contribution in [3.8, 4) is 11.5 Å². The number of nitrogens with zero attached hydrogens (tertiary/aromatic N) is 1. The molecule has 5 nitrogen and oxygen atoms in total. The van der Waals surface area contributed by atoms with Crippen LogP contribution in [0.1, 0.15) is 12.5 Å². The van der Waals surface area contributed by atoms with Gasteiger partial charge in [-0.15, -0.1) is 6.58 Å². The highest BCUT2D eigenvalue weighted by Gasteiger charge is 2.34. The largest absolute Gasteiger partial charge is 0.491 e. The van der Waals surface area contributed by atoms with E-state index in [1.165, 1.54) is 13.2 Å². The third-order valence-electron chi connectivity index (χ3n) is 3.02. The first-order valence-corrected chi connectivity index (χ1v) is 8.07. The molecule has 2 amide bonds. The average Bonchev–Trinajstić information content (AvgIpc) is 2.75. The topological polar surface area (TPSA) is 55.8 Å². The van der Waals surface area contributed by atoms with Crippen molar-refractivity contribution in [1.82, 2.24) is 4.90 Å². The number of benzene rings is 1. The summed E-state index contributed by atoms with van der Waals surface area (Å²) in [5, 5.41) is 0.0563. The second-order valence-electron chi connectivity index (χ2n) is 4.55. The molecule has 1 aliphatic heterocycles. The molecule has 0 atom stereocenters. The van der Waals surface area contributed by atoms with Gasteiger partial charge in [-0.3, -0.25) is 14.5 Å². The monoisotopic (exact) mass is 353 g/mol. The first-order chi connectivity index (χ1) is 11.0. The van der Waals surface area contributed by atoms with Crippen molar-refractivity contribution in [2.24, 2.45) is 0 Å². The molecule has 1 aromatic carbocycles. The van der Waals surface area contributed by atoms with E-state index < -0.39 is 0 Å². The fourth-order valence-electron chi connectivity index (χ4n) is 2.07. The molecule has 1 aliphatic rings. The number of hydrogen-bond donors (Lipinski definition) is 0. The minimum absolute atomic E-state index is 0.190. The summed E-state index contributed by atoms with van der Waals surface area (Å²) < 4.78 is 10.7. The predicted molar refractivity (Wildman–Crippen MR) is 92.0 cm³/mol. The third-order valence-corrected chi connectivity index (χ3v) is 4.21. The van der Waals surface area contributed by atoms with Gasteiger partial charge in [0.1, 0.15) is 0 Å². The highest BCUT2D eigenvalue weighted by molar-refractivity contribution is 8.18. The van der Waals surface area contributed by atoms with Gasteiger partial charge in [0.25, 0.3) is 11.1 Å². The van der Waals surface area contributed by atoms with E-state index in [0.29, 0.717) is 33.6 Å². The average molecular weight is 354 g/mol. The SMILES string of the molecule is C=CCN1C(=O)S/C(=C/c2cc(Cl)c(OC)c(OCC)c2)C1=O. The van der Waals surface area contributed by atoms with Gasteiger partial charge in [0, 0.05) is 6.54 Å². The Balaban J connectivity index is 2.38. The Hall–Kier alpha value is -1.92. The first-order valence-electron chi connectivity index (χ1n) is 6.88. The number of hydrogen-bond acceptors (Lipinski definition) is 5. The number of rotatable bonds is 6. The lowest BCUT2D eigenvalue weighted by atomic mass is 10.1. The molecule has 0 spiro atoms. The van der Waals surface area contributed by atoms with Gasteiger partial charge in [-0.2, -0.15) is 0 Å². The Bertz CT molecular complexity index is 687. The van der Waals surface area contributed by atoms with E-state index in [1.807, 2.05) is 6.92 Å². The van der Waals surface area contributed by atoms with Crippen molar-refractivity contribution in [2.75, 3.05) is 20.3 Å². The molecule has 23 heavy (non-hydrogen) atoms. The Morgan fingerprint density at radius 3 is 2.74 bits per heavy atom. The lowest BCUT2D eigenvalue weighted by molar-refractivity contribution is -0.122. The van der Waals surface area contributed by atoms with E-state index in [9.17, 15) is 9.59 Å². The Kier molecular flexibility index (Phi) is 5.74. The number of amides is 2. The molecule has 7 heteroatoms. The smallest absolute Gasteiger partial charge is 0.293 e.